The van der Waals surface area contributed by atoms with Gasteiger partial charge in [0.2, 0.25) is 21.6 Å². The molecule has 1 aliphatic heterocycles. The first-order chi connectivity index (χ1) is 12.4. The number of rotatable bonds is 4. The fraction of sp³-hybridized carbons (Fsp3) is 0.286. The van der Waals surface area contributed by atoms with Gasteiger partial charge in [0.25, 0.3) is 5.56 Å². The molecule has 0 amide bonds. The monoisotopic (exact) mass is 397 g/mol. The van der Waals surface area contributed by atoms with Crippen LogP contribution in [0.3, 0.4) is 0 Å². The average Bonchev–Trinajstić information content (AvgIpc) is 2.62. The molecule has 1 aliphatic rings. The summed E-state index contributed by atoms with van der Waals surface area (Å²) in [6, 6.07) is 5.71. The number of nitrogens with one attached hydrogen (secondary N) is 2. The Hall–Kier alpha value is -2.41. The number of sulfonamides is 1. The van der Waals surface area contributed by atoms with E-state index in [9.17, 15) is 18.3 Å². The number of H-pyrrole nitrogens is 2. The number of hydrogen-bond acceptors (Lipinski definition) is 8. The molecule has 10 nitrogen and oxygen atoms in total. The molecule has 0 saturated carbocycles. The van der Waals surface area contributed by atoms with E-state index in [-0.39, 0.29) is 15.4 Å². The zero-order valence-electron chi connectivity index (χ0n) is 13.4. The molecule has 0 spiro atoms. The summed E-state index contributed by atoms with van der Waals surface area (Å²) < 4.78 is 31.5. The Kier molecular flexibility index (Phi) is 5.27. The van der Waals surface area contributed by atoms with Gasteiger partial charge in [-0.05, 0) is 36.5 Å². The van der Waals surface area contributed by atoms with Gasteiger partial charge in [0, 0.05) is 13.1 Å². The Balaban J connectivity index is 1.82. The highest BCUT2D eigenvalue weighted by Crippen LogP contribution is 2.24. The molecule has 0 unspecified atom stereocenters. The first-order valence-electron chi connectivity index (χ1n) is 7.53. The molecule has 1 aromatic heterocycles. The van der Waals surface area contributed by atoms with E-state index in [0.29, 0.717) is 32.0 Å². The van der Waals surface area contributed by atoms with E-state index in [1.165, 1.54) is 28.6 Å². The van der Waals surface area contributed by atoms with Gasteiger partial charge in [-0.3, -0.25) is 9.78 Å². The summed E-state index contributed by atoms with van der Waals surface area (Å²) in [5, 5.41) is 17.2. The number of nitrogens with zero attached hydrogens (tertiary/aromatic N) is 3. The van der Waals surface area contributed by atoms with Crippen LogP contribution in [0.25, 0.3) is 0 Å². The third-order valence-electron chi connectivity index (χ3n) is 3.61. The van der Waals surface area contributed by atoms with Crippen LogP contribution in [0, 0.1) is 4.77 Å². The van der Waals surface area contributed by atoms with Gasteiger partial charge in [-0.1, -0.05) is 0 Å². The van der Waals surface area contributed by atoms with Gasteiger partial charge in [0.15, 0.2) is 4.77 Å². The lowest BCUT2D eigenvalue weighted by Crippen LogP contribution is -2.40. The number of hydrogen-bond donors (Lipinski definition) is 3. The van der Waals surface area contributed by atoms with Gasteiger partial charge in [-0.25, -0.2) is 8.42 Å². The van der Waals surface area contributed by atoms with Crippen LogP contribution in [-0.4, -0.2) is 54.1 Å². The maximum atomic E-state index is 12.5. The molecule has 3 rings (SSSR count). The van der Waals surface area contributed by atoms with Crippen LogP contribution in [0.2, 0.25) is 0 Å². The molecular weight excluding hydrogens is 382 g/mol. The fourth-order valence-electron chi connectivity index (χ4n) is 2.29. The highest BCUT2D eigenvalue weighted by atomic mass is 32.2. The molecule has 26 heavy (non-hydrogen) atoms. The zero-order valence-corrected chi connectivity index (χ0v) is 15.0. The summed E-state index contributed by atoms with van der Waals surface area (Å²) in [6.45, 7) is 1.34. The predicted octanol–water partition coefficient (Wildman–Crippen LogP) is 1.57. The number of azo groups is 1. The van der Waals surface area contributed by atoms with E-state index >= 15 is 0 Å². The van der Waals surface area contributed by atoms with Crippen molar-refractivity contribution in [1.29, 1.82) is 0 Å². The zero-order chi connectivity index (χ0) is 18.7. The van der Waals surface area contributed by atoms with E-state index < -0.39 is 21.5 Å². The Morgan fingerprint density at radius 1 is 1.12 bits per heavy atom. The van der Waals surface area contributed by atoms with Crippen LogP contribution in [0.5, 0.6) is 5.88 Å². The van der Waals surface area contributed by atoms with Crippen molar-refractivity contribution in [3.63, 3.8) is 0 Å². The summed E-state index contributed by atoms with van der Waals surface area (Å²) >= 11 is 4.72. The highest BCUT2D eigenvalue weighted by molar-refractivity contribution is 7.89. The molecule has 2 aromatic rings. The summed E-state index contributed by atoms with van der Waals surface area (Å²) in [6.07, 6.45) is 0. The maximum absolute atomic E-state index is 12.5. The largest absolute Gasteiger partial charge is 0.493 e. The average molecular weight is 397 g/mol. The molecular formula is C14H15N5O5S2. The van der Waals surface area contributed by atoms with Crippen molar-refractivity contribution in [2.75, 3.05) is 26.3 Å². The summed E-state index contributed by atoms with van der Waals surface area (Å²) in [4.78, 5) is 16.4. The van der Waals surface area contributed by atoms with Crippen molar-refractivity contribution in [2.24, 2.45) is 10.2 Å². The number of ether oxygens (including phenoxy) is 1. The Bertz CT molecular complexity index is 1040. The van der Waals surface area contributed by atoms with Crippen LogP contribution in [-0.2, 0) is 14.8 Å². The maximum Gasteiger partial charge on any atom is 0.283 e. The van der Waals surface area contributed by atoms with E-state index in [2.05, 4.69) is 20.2 Å². The van der Waals surface area contributed by atoms with Crippen molar-refractivity contribution in [2.45, 2.75) is 4.90 Å². The number of aromatic amines is 2. The van der Waals surface area contributed by atoms with Crippen molar-refractivity contribution >= 4 is 33.6 Å². The van der Waals surface area contributed by atoms with Crippen molar-refractivity contribution in [3.05, 3.63) is 39.4 Å². The fourth-order valence-corrected chi connectivity index (χ4v) is 3.89. The van der Waals surface area contributed by atoms with E-state index in [1.54, 1.807) is 0 Å². The molecule has 1 aromatic carbocycles. The van der Waals surface area contributed by atoms with Gasteiger partial charge < -0.3 is 14.8 Å². The number of aromatic hydroxyl groups is 1. The van der Waals surface area contributed by atoms with Crippen LogP contribution in [0.1, 0.15) is 0 Å². The molecule has 12 heteroatoms. The molecule has 3 N–H and O–H groups in total. The molecule has 2 heterocycles. The van der Waals surface area contributed by atoms with Gasteiger partial charge in [-0.2, -0.15) is 9.42 Å². The van der Waals surface area contributed by atoms with Crippen LogP contribution >= 0.6 is 12.2 Å². The van der Waals surface area contributed by atoms with Crippen molar-refractivity contribution < 1.29 is 18.3 Å². The molecule has 138 valence electrons. The highest BCUT2D eigenvalue weighted by Gasteiger charge is 2.26. The standard InChI is InChI=1S/C14H15N5O5S2/c20-12-11(13(21)16-14(25)15-12)18-17-9-1-3-10(4-2-9)26(22,23)19-5-7-24-8-6-19/h1-4H,5-8H2,(H3,15,16,20,21,25). The topological polar surface area (TPSA) is 140 Å². The number of aromatic nitrogens is 2. The van der Waals surface area contributed by atoms with Gasteiger partial charge in [0.05, 0.1) is 23.8 Å². The minimum absolute atomic E-state index is 0.0378. The first-order valence-corrected chi connectivity index (χ1v) is 9.38. The van der Waals surface area contributed by atoms with Crippen molar-refractivity contribution in [3.8, 4) is 5.88 Å². The molecule has 0 atom stereocenters. The third-order valence-corrected chi connectivity index (χ3v) is 5.73. The lowest BCUT2D eigenvalue weighted by atomic mass is 10.3. The normalized spacial score (nSPS) is 16.2. The van der Waals surface area contributed by atoms with Gasteiger partial charge in [0.1, 0.15) is 0 Å². The lowest BCUT2D eigenvalue weighted by molar-refractivity contribution is 0.0730. The van der Waals surface area contributed by atoms with E-state index in [4.69, 9.17) is 17.0 Å². The Morgan fingerprint density at radius 2 is 1.77 bits per heavy atom. The van der Waals surface area contributed by atoms with E-state index in [1.807, 2.05) is 0 Å². The smallest absolute Gasteiger partial charge is 0.283 e. The lowest BCUT2D eigenvalue weighted by Gasteiger charge is -2.25. The summed E-state index contributed by atoms with van der Waals surface area (Å²) in [7, 11) is -3.59. The SMILES string of the molecule is O=c1[nH]c(=S)[nH]c(O)c1N=Nc1ccc(S(=O)(=O)N2CCOCC2)cc1. The van der Waals surface area contributed by atoms with Crippen LogP contribution in [0.4, 0.5) is 11.4 Å². The van der Waals surface area contributed by atoms with E-state index in [0.717, 1.165) is 0 Å². The summed E-state index contributed by atoms with van der Waals surface area (Å²) in [5.74, 6) is -0.506. The second-order valence-electron chi connectivity index (χ2n) is 5.32. The quantitative estimate of drug-likeness (QED) is 0.528. The van der Waals surface area contributed by atoms with Gasteiger partial charge >= 0.3 is 0 Å². The minimum atomic E-state index is -3.59. The second kappa shape index (κ2) is 7.45. The second-order valence-corrected chi connectivity index (χ2v) is 7.66. The Labute approximate surface area is 153 Å². The first kappa shape index (κ1) is 18.4. The third kappa shape index (κ3) is 3.88. The summed E-state index contributed by atoms with van der Waals surface area (Å²) in [5.41, 5.74) is -0.711. The predicted molar refractivity (Wildman–Crippen MR) is 94.1 cm³/mol. The molecule has 0 radical (unpaired) electrons. The number of morpholine rings is 1. The molecule has 0 bridgehead atoms. The molecule has 0 aliphatic carbocycles. The molecule has 1 saturated heterocycles. The minimum Gasteiger partial charge on any atom is -0.493 e. The Morgan fingerprint density at radius 3 is 2.38 bits per heavy atom. The van der Waals surface area contributed by atoms with Gasteiger partial charge in [-0.15, -0.1) is 5.11 Å². The van der Waals surface area contributed by atoms with Crippen molar-refractivity contribution in [1.82, 2.24) is 14.3 Å². The molecule has 1 fully saturated rings. The van der Waals surface area contributed by atoms with Crippen LogP contribution in [0.15, 0.2) is 44.2 Å². The van der Waals surface area contributed by atoms with Crippen LogP contribution < -0.4 is 5.56 Å². The number of benzene rings is 1.